The van der Waals surface area contributed by atoms with E-state index in [2.05, 4.69) is 60.4 Å². The van der Waals surface area contributed by atoms with Crippen molar-refractivity contribution in [1.82, 2.24) is 9.55 Å². The Balaban J connectivity index is 2.08. The Bertz CT molecular complexity index is 1070. The second-order valence-corrected chi connectivity index (χ2v) is 20.1. The highest BCUT2D eigenvalue weighted by atomic mass is 28.5. The summed E-state index contributed by atoms with van der Waals surface area (Å²) < 4.78 is 40.6. The Labute approximate surface area is 226 Å². The molecule has 0 spiro atoms. The fourth-order valence-corrected chi connectivity index (χ4v) is 16.7. The van der Waals surface area contributed by atoms with Crippen LogP contribution in [-0.4, -0.2) is 65.0 Å². The average molecular weight is 570 g/mol. The van der Waals surface area contributed by atoms with Crippen LogP contribution >= 0.6 is 0 Å². The Morgan fingerprint density at radius 2 is 1.71 bits per heavy atom. The van der Waals surface area contributed by atoms with E-state index >= 15 is 0 Å². The molecule has 1 N–H and O–H groups in total. The van der Waals surface area contributed by atoms with Crippen molar-refractivity contribution >= 4 is 17.1 Å². The van der Waals surface area contributed by atoms with Gasteiger partial charge in [-0.25, -0.2) is 4.79 Å². The van der Waals surface area contributed by atoms with E-state index in [0.29, 0.717) is 0 Å². The van der Waals surface area contributed by atoms with E-state index < -0.39 is 52.9 Å². The number of nitrogens with one attached hydrogen (secondary N) is 1. The standard InChI is InChI=1S/C25H43N3O8Si2/c1-16(2)37(17(3)4)33-14-20-22(35-38(36-37,18(5)6)19(7)8)23(32-15-31-13-9-11-26)24(34-20)28-12-10-21(29)27-25(28)30/h10,12,16-20,22-24H,9,13-15H2,1-8H3,(H,27,29,30)/t20-,22-,23-,24-/m1/s1. The van der Waals surface area contributed by atoms with E-state index in [4.69, 9.17) is 32.4 Å². The van der Waals surface area contributed by atoms with Crippen molar-refractivity contribution in [3.63, 3.8) is 0 Å². The third kappa shape index (κ3) is 6.07. The summed E-state index contributed by atoms with van der Waals surface area (Å²) in [6.45, 7) is 17.4. The van der Waals surface area contributed by atoms with Gasteiger partial charge in [0.15, 0.2) is 6.23 Å². The quantitative estimate of drug-likeness (QED) is 0.254. The monoisotopic (exact) mass is 569 g/mol. The molecule has 1 aromatic heterocycles. The summed E-state index contributed by atoms with van der Waals surface area (Å²) in [5.41, 5.74) is -0.583. The molecular weight excluding hydrogens is 526 g/mol. The first kappa shape index (κ1) is 30.9. The number of ether oxygens (including phenoxy) is 3. The Morgan fingerprint density at radius 3 is 2.26 bits per heavy atom. The summed E-state index contributed by atoms with van der Waals surface area (Å²) >= 11 is 0. The fraction of sp³-hybridized carbons (Fsp3) is 0.800. The van der Waals surface area contributed by atoms with Gasteiger partial charge in [-0.2, -0.15) is 5.26 Å². The molecule has 2 fully saturated rings. The number of rotatable bonds is 10. The number of nitrogens with zero attached hydrogens (tertiary/aromatic N) is 2. The predicted octanol–water partition coefficient (Wildman–Crippen LogP) is 3.66. The van der Waals surface area contributed by atoms with Crippen LogP contribution in [0.5, 0.6) is 0 Å². The molecule has 0 amide bonds. The lowest BCUT2D eigenvalue weighted by molar-refractivity contribution is -0.138. The molecule has 13 heteroatoms. The summed E-state index contributed by atoms with van der Waals surface area (Å²) in [5.74, 6) is 0. The van der Waals surface area contributed by atoms with Gasteiger partial charge in [-0.05, 0) is 22.2 Å². The molecule has 1 aromatic rings. The third-order valence-corrected chi connectivity index (χ3v) is 17.7. The molecule has 0 aliphatic carbocycles. The van der Waals surface area contributed by atoms with Gasteiger partial charge < -0.3 is 27.2 Å². The molecule has 11 nitrogen and oxygen atoms in total. The van der Waals surface area contributed by atoms with Crippen molar-refractivity contribution in [2.24, 2.45) is 0 Å². The van der Waals surface area contributed by atoms with Crippen molar-refractivity contribution in [2.45, 2.75) is 109 Å². The zero-order chi connectivity index (χ0) is 28.3. The van der Waals surface area contributed by atoms with Gasteiger partial charge in [0, 0.05) is 12.3 Å². The largest absolute Gasteiger partial charge is 0.414 e. The molecule has 3 rings (SSSR count). The first-order valence-corrected chi connectivity index (χ1v) is 17.4. The number of aromatic nitrogens is 2. The van der Waals surface area contributed by atoms with Gasteiger partial charge in [-0.1, -0.05) is 55.4 Å². The lowest BCUT2D eigenvalue weighted by atomic mass is 10.1. The van der Waals surface area contributed by atoms with Crippen LogP contribution in [0.4, 0.5) is 0 Å². The maximum atomic E-state index is 12.8. The van der Waals surface area contributed by atoms with Gasteiger partial charge in [0.05, 0.1) is 25.7 Å². The maximum Gasteiger partial charge on any atom is 0.335 e. The van der Waals surface area contributed by atoms with Crippen LogP contribution in [0, 0.1) is 11.3 Å². The van der Waals surface area contributed by atoms with E-state index in [9.17, 15) is 9.59 Å². The average Bonchev–Trinajstić information content (AvgIpc) is 3.14. The second kappa shape index (κ2) is 12.7. The molecule has 38 heavy (non-hydrogen) atoms. The minimum absolute atomic E-state index is 0.0941. The van der Waals surface area contributed by atoms with Crippen LogP contribution in [0.3, 0.4) is 0 Å². The normalized spacial score (nSPS) is 26.9. The molecule has 4 atom stereocenters. The zero-order valence-corrected chi connectivity index (χ0v) is 25.8. The van der Waals surface area contributed by atoms with Crippen molar-refractivity contribution < 1.29 is 27.2 Å². The van der Waals surface area contributed by atoms with Crippen molar-refractivity contribution in [3.8, 4) is 6.07 Å². The van der Waals surface area contributed by atoms with Crippen LogP contribution in [0.2, 0.25) is 22.2 Å². The number of nitriles is 1. The van der Waals surface area contributed by atoms with Gasteiger partial charge in [-0.15, -0.1) is 0 Å². The molecule has 3 heterocycles. The number of aromatic amines is 1. The smallest absolute Gasteiger partial charge is 0.335 e. The molecule has 2 aliphatic rings. The summed E-state index contributed by atoms with van der Waals surface area (Å²) in [6, 6.07) is 3.30. The van der Waals surface area contributed by atoms with E-state index in [1.165, 1.54) is 16.8 Å². The van der Waals surface area contributed by atoms with Gasteiger partial charge in [-0.3, -0.25) is 14.3 Å². The van der Waals surface area contributed by atoms with E-state index in [0.717, 1.165) is 0 Å². The maximum absolute atomic E-state index is 12.8. The Hall–Kier alpha value is -1.64. The molecular formula is C25H43N3O8Si2. The Kier molecular flexibility index (Phi) is 10.3. The van der Waals surface area contributed by atoms with Gasteiger partial charge in [0.25, 0.3) is 5.56 Å². The van der Waals surface area contributed by atoms with Crippen LogP contribution in [0.15, 0.2) is 21.9 Å². The molecule has 0 radical (unpaired) electrons. The van der Waals surface area contributed by atoms with Crippen LogP contribution in [0.1, 0.15) is 68.0 Å². The summed E-state index contributed by atoms with van der Waals surface area (Å²) in [7, 11) is -5.75. The molecule has 2 aliphatic heterocycles. The van der Waals surface area contributed by atoms with Crippen molar-refractivity contribution in [1.29, 1.82) is 5.26 Å². The summed E-state index contributed by atoms with van der Waals surface area (Å²) in [6.07, 6.45) is -1.18. The highest BCUT2D eigenvalue weighted by Crippen LogP contribution is 2.48. The van der Waals surface area contributed by atoms with E-state index in [1.54, 1.807) is 0 Å². The number of H-pyrrole nitrogens is 1. The summed E-state index contributed by atoms with van der Waals surface area (Å²) in [4.78, 5) is 26.8. The lowest BCUT2D eigenvalue weighted by Gasteiger charge is -2.51. The highest BCUT2D eigenvalue weighted by Gasteiger charge is 2.62. The predicted molar refractivity (Wildman–Crippen MR) is 145 cm³/mol. The molecule has 0 aromatic carbocycles. The van der Waals surface area contributed by atoms with Gasteiger partial charge in [0.1, 0.15) is 25.1 Å². The van der Waals surface area contributed by atoms with Crippen LogP contribution in [-0.2, 0) is 27.2 Å². The van der Waals surface area contributed by atoms with Gasteiger partial charge >= 0.3 is 22.8 Å². The van der Waals surface area contributed by atoms with Gasteiger partial charge in [0.2, 0.25) is 0 Å². The molecule has 2 saturated heterocycles. The van der Waals surface area contributed by atoms with Crippen molar-refractivity contribution in [2.75, 3.05) is 20.0 Å². The zero-order valence-electron chi connectivity index (χ0n) is 23.8. The topological polar surface area (TPSA) is 134 Å². The molecule has 0 bridgehead atoms. The number of hydrogen-bond acceptors (Lipinski definition) is 9. The van der Waals surface area contributed by atoms with E-state index in [-0.39, 0.29) is 48.6 Å². The van der Waals surface area contributed by atoms with Crippen LogP contribution < -0.4 is 11.2 Å². The molecule has 0 unspecified atom stereocenters. The first-order valence-electron chi connectivity index (χ1n) is 13.4. The SMILES string of the molecule is CC(C)[Si]1(C(C)C)OC[C@H]2O[C@@H](n3ccc(=O)[nH]c3=O)[C@H](OCOCCC#N)[C@@H]2O[Si](C(C)C)(C(C)C)O1. The number of fused-ring (bicyclic) bond motifs is 1. The lowest BCUT2D eigenvalue weighted by Crippen LogP contribution is -2.66. The van der Waals surface area contributed by atoms with E-state index in [1.807, 2.05) is 6.07 Å². The molecule has 214 valence electrons. The summed E-state index contributed by atoms with van der Waals surface area (Å²) in [5, 5.41) is 8.82. The number of hydrogen-bond donors (Lipinski definition) is 1. The third-order valence-electron chi connectivity index (χ3n) is 7.44. The van der Waals surface area contributed by atoms with Crippen molar-refractivity contribution in [3.05, 3.63) is 33.1 Å². The minimum atomic E-state index is -2.97. The molecule has 0 saturated carbocycles. The fourth-order valence-electron chi connectivity index (χ4n) is 5.46. The van der Waals surface area contributed by atoms with Crippen LogP contribution in [0.25, 0.3) is 0 Å². The second-order valence-electron chi connectivity index (χ2n) is 11.2. The minimum Gasteiger partial charge on any atom is -0.414 e. The first-order chi connectivity index (χ1) is 17.9. The Morgan fingerprint density at radius 1 is 1.08 bits per heavy atom. The highest BCUT2D eigenvalue weighted by molar-refractivity contribution is 6.83.